The molecule has 2 aromatic rings. The van der Waals surface area contributed by atoms with Gasteiger partial charge in [0.15, 0.2) is 0 Å². The summed E-state index contributed by atoms with van der Waals surface area (Å²) in [5.74, 6) is 0.751. The predicted molar refractivity (Wildman–Crippen MR) is 75.0 cm³/mol. The highest BCUT2D eigenvalue weighted by atomic mass is 16.1. The fraction of sp³-hybridized carbons (Fsp3) is 0.333. The van der Waals surface area contributed by atoms with E-state index in [0.717, 1.165) is 12.8 Å². The minimum Gasteiger partial charge on any atom is -0.382 e. The third-order valence-corrected chi connectivity index (χ3v) is 3.77. The van der Waals surface area contributed by atoms with Crippen LogP contribution in [0.15, 0.2) is 41.2 Å². The van der Waals surface area contributed by atoms with Gasteiger partial charge in [-0.15, -0.1) is 0 Å². The molecule has 1 aliphatic carbocycles. The second-order valence-electron chi connectivity index (χ2n) is 5.07. The van der Waals surface area contributed by atoms with E-state index in [0.29, 0.717) is 18.3 Å². The number of fused-ring (bicyclic) bond motifs is 1. The number of nitrogens with zero attached hydrogens (tertiary/aromatic N) is 2. The van der Waals surface area contributed by atoms with Gasteiger partial charge in [-0.05, 0) is 36.5 Å². The smallest absolute Gasteiger partial charge is 0.266 e. The zero-order valence-corrected chi connectivity index (χ0v) is 10.7. The topological polar surface area (TPSA) is 60.9 Å². The Morgan fingerprint density at radius 2 is 2.11 bits per heavy atom. The molecule has 19 heavy (non-hydrogen) atoms. The molecule has 0 fully saturated rings. The molecular formula is C15H17N3O. The van der Waals surface area contributed by atoms with Gasteiger partial charge in [0, 0.05) is 12.0 Å². The molecule has 0 saturated carbocycles. The zero-order valence-electron chi connectivity index (χ0n) is 10.7. The van der Waals surface area contributed by atoms with Crippen LogP contribution in [0, 0.1) is 0 Å². The first-order valence-electron chi connectivity index (χ1n) is 6.65. The molecule has 1 heterocycles. The number of nitrogens with two attached hydrogens (primary N) is 1. The van der Waals surface area contributed by atoms with Crippen LogP contribution in [0.4, 0.5) is 5.82 Å². The van der Waals surface area contributed by atoms with E-state index >= 15 is 0 Å². The minimum atomic E-state index is -0.0859. The highest BCUT2D eigenvalue weighted by molar-refractivity contribution is 5.32. The van der Waals surface area contributed by atoms with E-state index in [-0.39, 0.29) is 5.56 Å². The molecule has 0 spiro atoms. The molecule has 0 radical (unpaired) electrons. The van der Waals surface area contributed by atoms with Gasteiger partial charge in [-0.2, -0.15) is 5.10 Å². The molecule has 0 saturated heterocycles. The summed E-state index contributed by atoms with van der Waals surface area (Å²) in [7, 11) is 0. The summed E-state index contributed by atoms with van der Waals surface area (Å²) in [4.78, 5) is 11.8. The fourth-order valence-electron chi connectivity index (χ4n) is 2.85. The summed E-state index contributed by atoms with van der Waals surface area (Å²) < 4.78 is 1.49. The van der Waals surface area contributed by atoms with Gasteiger partial charge < -0.3 is 5.73 Å². The lowest BCUT2D eigenvalue weighted by molar-refractivity contribution is 0.445. The highest BCUT2D eigenvalue weighted by Crippen LogP contribution is 2.32. The van der Waals surface area contributed by atoms with Gasteiger partial charge in [0.25, 0.3) is 5.56 Å². The van der Waals surface area contributed by atoms with Crippen LogP contribution in [-0.2, 0) is 13.0 Å². The Morgan fingerprint density at radius 3 is 3.00 bits per heavy atom. The van der Waals surface area contributed by atoms with E-state index in [2.05, 4.69) is 29.4 Å². The minimum absolute atomic E-state index is 0.0859. The van der Waals surface area contributed by atoms with Crippen LogP contribution in [0.1, 0.15) is 29.9 Å². The second-order valence-corrected chi connectivity index (χ2v) is 5.07. The normalized spacial score (nSPS) is 18.0. The van der Waals surface area contributed by atoms with Crippen molar-refractivity contribution < 1.29 is 0 Å². The molecule has 98 valence electrons. The maximum atomic E-state index is 11.8. The summed E-state index contributed by atoms with van der Waals surface area (Å²) in [6.07, 6.45) is 3.39. The number of hydrogen-bond donors (Lipinski definition) is 1. The molecule has 1 unspecified atom stereocenters. The highest BCUT2D eigenvalue weighted by Gasteiger charge is 2.20. The lowest BCUT2D eigenvalue weighted by Crippen LogP contribution is -2.27. The summed E-state index contributed by atoms with van der Waals surface area (Å²) in [5, 5.41) is 4.12. The Balaban J connectivity index is 1.93. The average molecular weight is 255 g/mol. The number of aryl methyl sites for hydroxylation is 1. The van der Waals surface area contributed by atoms with Crippen LogP contribution in [0.2, 0.25) is 0 Å². The number of rotatable bonds is 2. The second kappa shape index (κ2) is 4.88. The van der Waals surface area contributed by atoms with Crippen LogP contribution in [-0.4, -0.2) is 9.78 Å². The zero-order chi connectivity index (χ0) is 13.2. The van der Waals surface area contributed by atoms with Crippen molar-refractivity contribution >= 4 is 5.82 Å². The van der Waals surface area contributed by atoms with Crippen LogP contribution in [0.3, 0.4) is 0 Å². The van der Waals surface area contributed by atoms with Crippen molar-refractivity contribution in [2.45, 2.75) is 31.7 Å². The van der Waals surface area contributed by atoms with Crippen molar-refractivity contribution in [1.82, 2.24) is 9.78 Å². The van der Waals surface area contributed by atoms with Crippen LogP contribution in [0.5, 0.6) is 0 Å². The van der Waals surface area contributed by atoms with Gasteiger partial charge in [0.1, 0.15) is 5.82 Å². The van der Waals surface area contributed by atoms with Gasteiger partial charge in [-0.1, -0.05) is 24.3 Å². The number of anilines is 1. The van der Waals surface area contributed by atoms with Gasteiger partial charge in [-0.25, -0.2) is 4.68 Å². The van der Waals surface area contributed by atoms with Crippen molar-refractivity contribution in [3.8, 4) is 0 Å². The fourth-order valence-corrected chi connectivity index (χ4v) is 2.85. The summed E-state index contributed by atoms with van der Waals surface area (Å²) >= 11 is 0. The van der Waals surface area contributed by atoms with Crippen molar-refractivity contribution in [2.24, 2.45) is 0 Å². The molecule has 1 aromatic carbocycles. The Bertz CT molecular complexity index is 648. The first-order valence-corrected chi connectivity index (χ1v) is 6.65. The van der Waals surface area contributed by atoms with Crippen molar-refractivity contribution in [3.05, 3.63) is 57.9 Å². The Labute approximate surface area is 111 Å². The molecule has 1 aromatic heterocycles. The molecule has 2 N–H and O–H groups in total. The van der Waals surface area contributed by atoms with Crippen molar-refractivity contribution in [3.63, 3.8) is 0 Å². The van der Waals surface area contributed by atoms with E-state index < -0.39 is 0 Å². The molecule has 4 nitrogen and oxygen atoms in total. The number of hydrogen-bond acceptors (Lipinski definition) is 3. The van der Waals surface area contributed by atoms with Gasteiger partial charge in [0.05, 0.1) is 6.54 Å². The third kappa shape index (κ3) is 2.38. The maximum Gasteiger partial charge on any atom is 0.266 e. The molecule has 0 bridgehead atoms. The number of aromatic nitrogens is 2. The molecule has 4 heteroatoms. The first-order chi connectivity index (χ1) is 9.24. The lowest BCUT2D eigenvalue weighted by atomic mass is 9.83. The largest absolute Gasteiger partial charge is 0.382 e. The van der Waals surface area contributed by atoms with Crippen LogP contribution < -0.4 is 11.3 Å². The molecule has 0 amide bonds. The molecule has 1 atom stereocenters. The Kier molecular flexibility index (Phi) is 3.07. The molecular weight excluding hydrogens is 238 g/mol. The average Bonchev–Trinajstić information content (AvgIpc) is 2.43. The Hall–Kier alpha value is -2.10. The standard InChI is InChI=1S/C15H17N3O/c16-14-8-9-15(19)18(17-14)10-12-6-3-5-11-4-1-2-7-13(11)12/h1-2,4,7-9,12H,3,5-6,10H2,(H2,16,17). The number of nitrogen functional groups attached to an aromatic ring is 1. The lowest BCUT2D eigenvalue weighted by Gasteiger charge is -2.25. The summed E-state index contributed by atoms with van der Waals surface area (Å²) in [6, 6.07) is 11.5. The maximum absolute atomic E-state index is 11.8. The quantitative estimate of drug-likeness (QED) is 0.892. The summed E-state index contributed by atoms with van der Waals surface area (Å²) in [5.41, 5.74) is 8.32. The number of benzene rings is 1. The predicted octanol–water partition coefficient (Wildman–Crippen LogP) is 1.95. The Morgan fingerprint density at radius 1 is 1.26 bits per heavy atom. The monoisotopic (exact) mass is 255 g/mol. The molecule has 3 rings (SSSR count). The van der Waals surface area contributed by atoms with Crippen molar-refractivity contribution in [1.29, 1.82) is 0 Å². The van der Waals surface area contributed by atoms with E-state index in [1.807, 2.05) is 0 Å². The van der Waals surface area contributed by atoms with Crippen LogP contribution >= 0.6 is 0 Å². The molecule has 1 aliphatic rings. The van der Waals surface area contributed by atoms with E-state index in [1.54, 1.807) is 6.07 Å². The first kappa shape index (κ1) is 12.0. The van der Waals surface area contributed by atoms with E-state index in [4.69, 9.17) is 5.73 Å². The van der Waals surface area contributed by atoms with Gasteiger partial charge in [0.2, 0.25) is 0 Å². The summed E-state index contributed by atoms with van der Waals surface area (Å²) in [6.45, 7) is 0.612. The van der Waals surface area contributed by atoms with Crippen molar-refractivity contribution in [2.75, 3.05) is 5.73 Å². The van der Waals surface area contributed by atoms with Gasteiger partial charge >= 0.3 is 0 Å². The van der Waals surface area contributed by atoms with Crippen LogP contribution in [0.25, 0.3) is 0 Å². The van der Waals surface area contributed by atoms with E-state index in [9.17, 15) is 4.79 Å². The SMILES string of the molecule is Nc1ccc(=O)n(CC2CCCc3ccccc32)n1. The van der Waals surface area contributed by atoms with Gasteiger partial charge in [-0.3, -0.25) is 4.79 Å². The third-order valence-electron chi connectivity index (χ3n) is 3.77. The van der Waals surface area contributed by atoms with E-state index in [1.165, 1.54) is 28.3 Å². The molecule has 0 aliphatic heterocycles.